The molecular formula is C12H5F2NO4. The Labute approximate surface area is 104 Å². The third kappa shape index (κ3) is 1.67. The van der Waals surface area contributed by atoms with E-state index < -0.39 is 28.9 Å². The SMILES string of the molecule is O=C(O)c1cc(-c2c(F)cc3occc3c2F)no1. The second kappa shape index (κ2) is 3.91. The predicted octanol–water partition coefficient (Wildman–Crippen LogP) is 3.06. The molecule has 0 saturated carbocycles. The Morgan fingerprint density at radius 1 is 1.32 bits per heavy atom. The normalized spacial score (nSPS) is 11.1. The Kier molecular flexibility index (Phi) is 2.34. The summed E-state index contributed by atoms with van der Waals surface area (Å²) in [6.45, 7) is 0. The number of aromatic nitrogens is 1. The molecule has 0 aliphatic heterocycles. The summed E-state index contributed by atoms with van der Waals surface area (Å²) in [5, 5.41) is 12.1. The van der Waals surface area contributed by atoms with Gasteiger partial charge in [-0.2, -0.15) is 0 Å². The molecular weight excluding hydrogens is 260 g/mol. The molecule has 0 aliphatic rings. The first-order valence-electron chi connectivity index (χ1n) is 5.13. The largest absolute Gasteiger partial charge is 0.475 e. The summed E-state index contributed by atoms with van der Waals surface area (Å²) in [6, 6.07) is 3.30. The van der Waals surface area contributed by atoms with Crippen LogP contribution >= 0.6 is 0 Å². The van der Waals surface area contributed by atoms with Crippen molar-refractivity contribution in [2.45, 2.75) is 0 Å². The number of aromatic carboxylic acids is 1. The molecule has 0 unspecified atom stereocenters. The van der Waals surface area contributed by atoms with E-state index in [2.05, 4.69) is 9.68 Å². The van der Waals surface area contributed by atoms with Crippen LogP contribution in [0.25, 0.3) is 22.2 Å². The van der Waals surface area contributed by atoms with E-state index in [4.69, 9.17) is 9.52 Å². The zero-order valence-corrected chi connectivity index (χ0v) is 9.18. The summed E-state index contributed by atoms with van der Waals surface area (Å²) < 4.78 is 37.3. The van der Waals surface area contributed by atoms with Crippen molar-refractivity contribution in [2.24, 2.45) is 0 Å². The van der Waals surface area contributed by atoms with Gasteiger partial charge in [0, 0.05) is 12.1 Å². The van der Waals surface area contributed by atoms with E-state index in [1.54, 1.807) is 0 Å². The first kappa shape index (κ1) is 11.4. The lowest BCUT2D eigenvalue weighted by Gasteiger charge is -2.01. The van der Waals surface area contributed by atoms with Gasteiger partial charge in [0.15, 0.2) is 0 Å². The van der Waals surface area contributed by atoms with Crippen molar-refractivity contribution in [2.75, 3.05) is 0 Å². The fraction of sp³-hybridized carbons (Fsp3) is 0. The number of fused-ring (bicyclic) bond motifs is 1. The minimum atomic E-state index is -1.37. The maximum atomic E-state index is 14.1. The number of rotatable bonds is 2. The van der Waals surface area contributed by atoms with E-state index in [0.29, 0.717) is 0 Å². The van der Waals surface area contributed by atoms with Crippen molar-refractivity contribution in [1.82, 2.24) is 5.16 Å². The Morgan fingerprint density at radius 2 is 2.11 bits per heavy atom. The smallest absolute Gasteiger partial charge is 0.374 e. The first-order valence-corrected chi connectivity index (χ1v) is 5.13. The van der Waals surface area contributed by atoms with Crippen LogP contribution in [0.1, 0.15) is 10.6 Å². The number of carboxylic acid groups (broad SMARTS) is 1. The van der Waals surface area contributed by atoms with Gasteiger partial charge in [-0.3, -0.25) is 0 Å². The lowest BCUT2D eigenvalue weighted by Crippen LogP contribution is -1.93. The van der Waals surface area contributed by atoms with E-state index >= 15 is 0 Å². The lowest BCUT2D eigenvalue weighted by atomic mass is 10.1. The molecule has 2 aromatic heterocycles. The van der Waals surface area contributed by atoms with E-state index in [-0.39, 0.29) is 16.7 Å². The Balaban J connectivity index is 2.25. The maximum Gasteiger partial charge on any atom is 0.374 e. The van der Waals surface area contributed by atoms with Gasteiger partial charge in [-0.05, 0) is 6.07 Å². The molecule has 0 fully saturated rings. The van der Waals surface area contributed by atoms with Gasteiger partial charge in [0.1, 0.15) is 22.9 Å². The van der Waals surface area contributed by atoms with Gasteiger partial charge < -0.3 is 14.0 Å². The minimum absolute atomic E-state index is 0.0562. The molecule has 3 rings (SSSR count). The number of hydrogen-bond acceptors (Lipinski definition) is 4. The monoisotopic (exact) mass is 265 g/mol. The average molecular weight is 265 g/mol. The van der Waals surface area contributed by atoms with Crippen LogP contribution in [0.15, 0.2) is 33.4 Å². The van der Waals surface area contributed by atoms with Crippen LogP contribution < -0.4 is 0 Å². The van der Waals surface area contributed by atoms with Crippen LogP contribution in [0.4, 0.5) is 8.78 Å². The van der Waals surface area contributed by atoms with E-state index in [0.717, 1.165) is 12.1 Å². The number of halogens is 2. The zero-order valence-electron chi connectivity index (χ0n) is 9.18. The maximum absolute atomic E-state index is 14.1. The summed E-state index contributed by atoms with van der Waals surface area (Å²) in [6.07, 6.45) is 1.22. The Hall–Kier alpha value is -2.70. The summed E-state index contributed by atoms with van der Waals surface area (Å²) >= 11 is 0. The summed E-state index contributed by atoms with van der Waals surface area (Å²) in [7, 11) is 0. The van der Waals surface area contributed by atoms with Crippen molar-refractivity contribution in [3.63, 3.8) is 0 Å². The summed E-state index contributed by atoms with van der Waals surface area (Å²) in [5.74, 6) is -3.66. The molecule has 3 aromatic rings. The molecule has 0 amide bonds. The molecule has 0 aliphatic carbocycles. The van der Waals surface area contributed by atoms with Crippen molar-refractivity contribution >= 4 is 16.9 Å². The quantitative estimate of drug-likeness (QED) is 0.770. The van der Waals surface area contributed by atoms with Crippen molar-refractivity contribution in [3.8, 4) is 11.3 Å². The second-order valence-corrected chi connectivity index (χ2v) is 3.76. The van der Waals surface area contributed by atoms with Gasteiger partial charge in [-0.25, -0.2) is 13.6 Å². The van der Waals surface area contributed by atoms with E-state index in [9.17, 15) is 13.6 Å². The minimum Gasteiger partial charge on any atom is -0.475 e. The van der Waals surface area contributed by atoms with Gasteiger partial charge in [-0.1, -0.05) is 5.16 Å². The van der Waals surface area contributed by atoms with Crippen LogP contribution in [-0.2, 0) is 0 Å². The number of hydrogen-bond donors (Lipinski definition) is 1. The molecule has 7 heteroatoms. The highest BCUT2D eigenvalue weighted by Crippen LogP contribution is 2.32. The fourth-order valence-corrected chi connectivity index (χ4v) is 1.77. The highest BCUT2D eigenvalue weighted by molar-refractivity contribution is 5.88. The molecule has 0 bridgehead atoms. The Bertz CT molecular complexity index is 790. The van der Waals surface area contributed by atoms with Crippen molar-refractivity contribution in [1.29, 1.82) is 0 Å². The molecule has 1 aromatic carbocycles. The molecule has 96 valence electrons. The van der Waals surface area contributed by atoms with Crippen molar-refractivity contribution < 1.29 is 27.6 Å². The van der Waals surface area contributed by atoms with E-state index in [1.807, 2.05) is 0 Å². The Morgan fingerprint density at radius 3 is 2.79 bits per heavy atom. The molecule has 1 N–H and O–H groups in total. The third-order valence-corrected chi connectivity index (χ3v) is 2.62. The summed E-state index contributed by atoms with van der Waals surface area (Å²) in [5.41, 5.74) is -0.624. The van der Waals surface area contributed by atoms with Crippen LogP contribution in [0.3, 0.4) is 0 Å². The molecule has 0 saturated heterocycles. The van der Waals surface area contributed by atoms with Gasteiger partial charge in [0.2, 0.25) is 5.76 Å². The van der Waals surface area contributed by atoms with Gasteiger partial charge in [0.05, 0.1) is 17.2 Å². The first-order chi connectivity index (χ1) is 9.08. The number of nitrogens with zero attached hydrogens (tertiary/aromatic N) is 1. The van der Waals surface area contributed by atoms with Crippen LogP contribution in [0.2, 0.25) is 0 Å². The van der Waals surface area contributed by atoms with Gasteiger partial charge in [0.25, 0.3) is 0 Å². The zero-order chi connectivity index (χ0) is 13.6. The number of furan rings is 1. The van der Waals surface area contributed by atoms with Crippen LogP contribution in [-0.4, -0.2) is 16.2 Å². The fourth-order valence-electron chi connectivity index (χ4n) is 1.77. The highest BCUT2D eigenvalue weighted by Gasteiger charge is 2.21. The lowest BCUT2D eigenvalue weighted by molar-refractivity contribution is 0.0652. The summed E-state index contributed by atoms with van der Waals surface area (Å²) in [4.78, 5) is 10.7. The van der Waals surface area contributed by atoms with E-state index in [1.165, 1.54) is 12.3 Å². The molecule has 0 spiro atoms. The number of benzene rings is 1. The van der Waals surface area contributed by atoms with Gasteiger partial charge >= 0.3 is 5.97 Å². The van der Waals surface area contributed by atoms with Crippen LogP contribution in [0, 0.1) is 11.6 Å². The van der Waals surface area contributed by atoms with Crippen molar-refractivity contribution in [3.05, 3.63) is 41.9 Å². The molecule has 0 radical (unpaired) electrons. The van der Waals surface area contributed by atoms with Crippen LogP contribution in [0.5, 0.6) is 0 Å². The molecule has 19 heavy (non-hydrogen) atoms. The average Bonchev–Trinajstić information content (AvgIpc) is 2.97. The third-order valence-electron chi connectivity index (χ3n) is 2.62. The predicted molar refractivity (Wildman–Crippen MR) is 58.6 cm³/mol. The molecule has 0 atom stereocenters. The molecule has 2 heterocycles. The second-order valence-electron chi connectivity index (χ2n) is 3.76. The number of carboxylic acids is 1. The standard InChI is InChI=1S/C12H5F2NO4/c13-6-3-8-5(1-2-18-8)11(14)10(6)7-4-9(12(16)17)19-15-7/h1-4H,(H,16,17). The topological polar surface area (TPSA) is 76.5 Å². The molecule has 5 nitrogen and oxygen atoms in total. The number of carbonyl (C=O) groups is 1. The van der Waals surface area contributed by atoms with Gasteiger partial charge in [-0.15, -0.1) is 0 Å². The highest BCUT2D eigenvalue weighted by atomic mass is 19.1.